The fourth-order valence-corrected chi connectivity index (χ4v) is 3.88. The molecule has 0 radical (unpaired) electrons. The van der Waals surface area contributed by atoms with E-state index in [1.54, 1.807) is 19.1 Å². The van der Waals surface area contributed by atoms with Crippen LogP contribution >= 0.6 is 11.3 Å². The molecule has 2 aromatic rings. The summed E-state index contributed by atoms with van der Waals surface area (Å²) in [5.74, 6) is -0.482. The number of aryl methyl sites for hydroxylation is 3. The molecule has 7 heteroatoms. The minimum Gasteiger partial charge on any atom is -0.298 e. The van der Waals surface area contributed by atoms with Gasteiger partial charge in [0.05, 0.1) is 10.6 Å². The van der Waals surface area contributed by atoms with Crippen molar-refractivity contribution >= 4 is 28.1 Å². The maximum Gasteiger partial charge on any atom is 0.285 e. The number of hydrogen-bond donors (Lipinski definition) is 1. The number of nitro groups is 1. The summed E-state index contributed by atoms with van der Waals surface area (Å²) in [5, 5.41) is 14.5. The van der Waals surface area contributed by atoms with E-state index in [1.165, 1.54) is 28.7 Å². The fraction of sp³-hybridized carbons (Fsp3) is 0.375. The van der Waals surface area contributed by atoms with Gasteiger partial charge in [-0.05, 0) is 38.7 Å². The van der Waals surface area contributed by atoms with Gasteiger partial charge in [-0.3, -0.25) is 20.2 Å². The lowest BCUT2D eigenvalue weighted by atomic mass is 10.1. The van der Waals surface area contributed by atoms with Crippen molar-refractivity contribution in [3.63, 3.8) is 0 Å². The third-order valence-electron chi connectivity index (χ3n) is 3.98. The highest BCUT2D eigenvalue weighted by atomic mass is 32.1. The Hall–Kier alpha value is -2.28. The molecule has 1 N–H and O–H groups in total. The predicted octanol–water partition coefficient (Wildman–Crippen LogP) is 3.88. The summed E-state index contributed by atoms with van der Waals surface area (Å²) in [6, 6.07) is 4.74. The van der Waals surface area contributed by atoms with Gasteiger partial charge in [-0.25, -0.2) is 4.98 Å². The number of anilines is 1. The molecule has 0 aliphatic heterocycles. The van der Waals surface area contributed by atoms with Crippen LogP contribution in [0.1, 0.15) is 45.8 Å². The van der Waals surface area contributed by atoms with Crippen LogP contribution in [0.25, 0.3) is 0 Å². The van der Waals surface area contributed by atoms with E-state index in [0.717, 1.165) is 31.4 Å². The van der Waals surface area contributed by atoms with E-state index >= 15 is 0 Å². The van der Waals surface area contributed by atoms with Gasteiger partial charge < -0.3 is 0 Å². The molecular formula is C16H17N3O3S. The Bertz CT molecular complexity index is 746. The molecule has 6 nitrogen and oxygen atoms in total. The van der Waals surface area contributed by atoms with Crippen LogP contribution in [-0.2, 0) is 12.8 Å². The second kappa shape index (κ2) is 6.45. The first-order valence-electron chi connectivity index (χ1n) is 7.60. The van der Waals surface area contributed by atoms with Crippen molar-refractivity contribution in [1.29, 1.82) is 0 Å². The summed E-state index contributed by atoms with van der Waals surface area (Å²) < 4.78 is 0. The van der Waals surface area contributed by atoms with Crippen molar-refractivity contribution in [3.05, 3.63) is 50.0 Å². The second-order valence-corrected chi connectivity index (χ2v) is 6.72. The number of hydrogen-bond acceptors (Lipinski definition) is 5. The van der Waals surface area contributed by atoms with E-state index in [0.29, 0.717) is 10.7 Å². The number of carbonyl (C=O) groups excluding carboxylic acids is 1. The molecule has 1 heterocycles. The number of rotatable bonds is 3. The molecule has 0 saturated carbocycles. The van der Waals surface area contributed by atoms with Gasteiger partial charge in [-0.15, -0.1) is 11.3 Å². The summed E-state index contributed by atoms with van der Waals surface area (Å²) in [6.07, 6.45) is 5.40. The van der Waals surface area contributed by atoms with E-state index in [2.05, 4.69) is 10.3 Å². The molecule has 0 atom stereocenters. The summed E-state index contributed by atoms with van der Waals surface area (Å²) in [5.41, 5.74) is 1.45. The molecule has 1 aromatic carbocycles. The van der Waals surface area contributed by atoms with Gasteiger partial charge in [0.25, 0.3) is 11.6 Å². The van der Waals surface area contributed by atoms with Crippen molar-refractivity contribution < 1.29 is 9.72 Å². The minimum atomic E-state index is -0.513. The van der Waals surface area contributed by atoms with Crippen LogP contribution in [0.3, 0.4) is 0 Å². The average Bonchev–Trinajstić information content (AvgIpc) is 2.75. The second-order valence-electron chi connectivity index (χ2n) is 5.63. The monoisotopic (exact) mass is 331 g/mol. The lowest BCUT2D eigenvalue weighted by molar-refractivity contribution is -0.385. The standard InChI is InChI=1S/C16H17N3O3S/c1-10-6-5-7-11(14(10)19(21)22)15(20)18-16-17-12-8-3-2-4-9-13(12)23-16/h5-7H,2-4,8-9H2,1H3,(H,17,18,20). The number of nitro benzene ring substituents is 1. The van der Waals surface area contributed by atoms with Gasteiger partial charge in [0.2, 0.25) is 0 Å². The first kappa shape index (κ1) is 15.6. The van der Waals surface area contributed by atoms with Crippen molar-refractivity contribution in [1.82, 2.24) is 4.98 Å². The average molecular weight is 331 g/mol. The molecule has 0 saturated heterocycles. The number of thiazole rings is 1. The zero-order valence-electron chi connectivity index (χ0n) is 12.8. The van der Waals surface area contributed by atoms with Crippen molar-refractivity contribution in [3.8, 4) is 0 Å². The van der Waals surface area contributed by atoms with Crippen molar-refractivity contribution in [2.24, 2.45) is 0 Å². The summed E-state index contributed by atoms with van der Waals surface area (Å²) >= 11 is 1.48. The molecule has 23 heavy (non-hydrogen) atoms. The first-order chi connectivity index (χ1) is 11.1. The molecular weight excluding hydrogens is 314 g/mol. The Morgan fingerprint density at radius 1 is 1.30 bits per heavy atom. The molecule has 0 spiro atoms. The Morgan fingerprint density at radius 3 is 2.87 bits per heavy atom. The van der Waals surface area contributed by atoms with Crippen LogP contribution in [0.4, 0.5) is 10.8 Å². The number of benzene rings is 1. The van der Waals surface area contributed by atoms with Crippen LogP contribution in [-0.4, -0.2) is 15.8 Å². The first-order valence-corrected chi connectivity index (χ1v) is 8.42. The van der Waals surface area contributed by atoms with E-state index in [9.17, 15) is 14.9 Å². The van der Waals surface area contributed by atoms with Crippen LogP contribution in [0.2, 0.25) is 0 Å². The Balaban J connectivity index is 1.85. The van der Waals surface area contributed by atoms with Gasteiger partial charge >= 0.3 is 0 Å². The van der Waals surface area contributed by atoms with Crippen LogP contribution < -0.4 is 5.32 Å². The fourth-order valence-electron chi connectivity index (χ4n) is 2.83. The van der Waals surface area contributed by atoms with Crippen LogP contribution in [0.5, 0.6) is 0 Å². The van der Waals surface area contributed by atoms with Crippen molar-refractivity contribution in [2.75, 3.05) is 5.32 Å². The molecule has 120 valence electrons. The van der Waals surface area contributed by atoms with E-state index in [4.69, 9.17) is 0 Å². The zero-order chi connectivity index (χ0) is 16.4. The topological polar surface area (TPSA) is 85.1 Å². The molecule has 1 aromatic heterocycles. The van der Waals surface area contributed by atoms with Crippen molar-refractivity contribution in [2.45, 2.75) is 39.0 Å². The molecule has 0 unspecified atom stereocenters. The maximum atomic E-state index is 12.4. The Morgan fingerprint density at radius 2 is 2.09 bits per heavy atom. The highest BCUT2D eigenvalue weighted by Gasteiger charge is 2.23. The third kappa shape index (κ3) is 3.24. The maximum absolute atomic E-state index is 12.4. The van der Waals surface area contributed by atoms with Gasteiger partial charge in [-0.1, -0.05) is 18.6 Å². The van der Waals surface area contributed by atoms with Crippen LogP contribution in [0, 0.1) is 17.0 Å². The lowest BCUT2D eigenvalue weighted by Gasteiger charge is -2.05. The summed E-state index contributed by atoms with van der Waals surface area (Å²) in [7, 11) is 0. The Kier molecular flexibility index (Phi) is 4.38. The van der Waals surface area contributed by atoms with E-state index < -0.39 is 10.8 Å². The van der Waals surface area contributed by atoms with E-state index in [1.807, 2.05) is 0 Å². The summed E-state index contributed by atoms with van der Waals surface area (Å²) in [4.78, 5) is 28.8. The number of nitrogens with one attached hydrogen (secondary N) is 1. The van der Waals surface area contributed by atoms with Gasteiger partial charge in [0, 0.05) is 10.4 Å². The molecule has 1 amide bonds. The number of aromatic nitrogens is 1. The van der Waals surface area contributed by atoms with Gasteiger partial charge in [0.1, 0.15) is 5.56 Å². The number of fused-ring (bicyclic) bond motifs is 1. The molecule has 0 bridgehead atoms. The SMILES string of the molecule is Cc1cccc(C(=O)Nc2nc3c(s2)CCCCC3)c1[N+](=O)[O-]. The number of carbonyl (C=O) groups is 1. The number of nitrogens with zero attached hydrogens (tertiary/aromatic N) is 2. The quantitative estimate of drug-likeness (QED) is 0.525. The lowest BCUT2D eigenvalue weighted by Crippen LogP contribution is -2.14. The van der Waals surface area contributed by atoms with E-state index in [-0.39, 0.29) is 11.3 Å². The smallest absolute Gasteiger partial charge is 0.285 e. The van der Waals surface area contributed by atoms with Crippen LogP contribution in [0.15, 0.2) is 18.2 Å². The highest BCUT2D eigenvalue weighted by Crippen LogP contribution is 2.30. The number of amides is 1. The highest BCUT2D eigenvalue weighted by molar-refractivity contribution is 7.15. The number of para-hydroxylation sites is 1. The van der Waals surface area contributed by atoms with Gasteiger partial charge in [0.15, 0.2) is 5.13 Å². The molecule has 0 fully saturated rings. The largest absolute Gasteiger partial charge is 0.298 e. The third-order valence-corrected chi connectivity index (χ3v) is 5.05. The normalized spacial score (nSPS) is 14.0. The Labute approximate surface area is 137 Å². The molecule has 1 aliphatic rings. The minimum absolute atomic E-state index is 0.0698. The zero-order valence-corrected chi connectivity index (χ0v) is 13.6. The molecule has 3 rings (SSSR count). The van der Waals surface area contributed by atoms with Gasteiger partial charge in [-0.2, -0.15) is 0 Å². The molecule has 1 aliphatic carbocycles. The predicted molar refractivity (Wildman–Crippen MR) is 89.2 cm³/mol. The summed E-state index contributed by atoms with van der Waals surface area (Å²) in [6.45, 7) is 1.63.